The Morgan fingerprint density at radius 1 is 1.10 bits per heavy atom. The first-order valence-corrected chi connectivity index (χ1v) is 16.0. The normalized spacial score (nSPS) is 18.3. The maximum Gasteiger partial charge on any atom is 0.232 e. The number of piperidine rings is 1. The van der Waals surface area contributed by atoms with E-state index in [1.54, 1.807) is 31.4 Å². The van der Waals surface area contributed by atoms with E-state index < -0.39 is 16.2 Å². The number of nitrogens with one attached hydrogen (secondary N) is 2. The Kier molecular flexibility index (Phi) is 8.86. The molecule has 0 spiro atoms. The molecule has 41 heavy (non-hydrogen) atoms. The Bertz CT molecular complexity index is 1500. The summed E-state index contributed by atoms with van der Waals surface area (Å²) >= 11 is 6.43. The summed E-state index contributed by atoms with van der Waals surface area (Å²) in [5.41, 5.74) is 4.23. The number of fused-ring (bicyclic) bond motifs is 1. The van der Waals surface area contributed by atoms with Gasteiger partial charge in [-0.05, 0) is 73.9 Å². The number of sulfonamides is 1. The number of nitrogens with zero attached hydrogens (tertiary/aromatic N) is 4. The van der Waals surface area contributed by atoms with Gasteiger partial charge in [-0.1, -0.05) is 23.7 Å². The molecular formula is C29H36ClFN6O3S. The molecule has 2 heterocycles. The smallest absolute Gasteiger partial charge is 0.232 e. The summed E-state index contributed by atoms with van der Waals surface area (Å²) in [7, 11) is -0.350. The van der Waals surface area contributed by atoms with Crippen molar-refractivity contribution in [3.8, 4) is 5.75 Å². The van der Waals surface area contributed by atoms with E-state index in [0.717, 1.165) is 50.7 Å². The van der Waals surface area contributed by atoms with E-state index >= 15 is 0 Å². The predicted octanol–water partition coefficient (Wildman–Crippen LogP) is 5.70. The Hall–Kier alpha value is -3.15. The van der Waals surface area contributed by atoms with E-state index in [2.05, 4.69) is 37.6 Å². The lowest BCUT2D eigenvalue weighted by molar-refractivity contribution is 0.106. The lowest BCUT2D eigenvalue weighted by Crippen LogP contribution is -2.42. The molecule has 0 saturated carbocycles. The molecule has 5 rings (SSSR count). The van der Waals surface area contributed by atoms with Gasteiger partial charge in [0.25, 0.3) is 0 Å². The zero-order valence-corrected chi connectivity index (χ0v) is 25.1. The minimum atomic E-state index is -3.48. The van der Waals surface area contributed by atoms with Gasteiger partial charge in [0.05, 0.1) is 36.6 Å². The maximum absolute atomic E-state index is 13.7. The van der Waals surface area contributed by atoms with Gasteiger partial charge in [-0.3, -0.25) is 9.21 Å². The molecule has 1 atom stereocenters. The van der Waals surface area contributed by atoms with Gasteiger partial charge < -0.3 is 15.4 Å². The number of rotatable bonds is 8. The molecule has 220 valence electrons. The number of alkyl halides is 1. The highest BCUT2D eigenvalue weighted by Gasteiger charge is 2.28. The van der Waals surface area contributed by atoms with Crippen LogP contribution in [-0.2, 0) is 22.9 Å². The second-order valence-corrected chi connectivity index (χ2v) is 13.1. The quantitative estimate of drug-likeness (QED) is 0.317. The van der Waals surface area contributed by atoms with Crippen molar-refractivity contribution in [2.45, 2.75) is 50.7 Å². The SMILES string of the molecule is COc1cc2c(cc1Nc1ncc(Cl)c(Nc3ccccc3N(C)S(C)(=O)=O)n1)CCCC(N1CCC(F)CC1)C2. The van der Waals surface area contributed by atoms with E-state index in [0.29, 0.717) is 47.8 Å². The van der Waals surface area contributed by atoms with Gasteiger partial charge in [-0.2, -0.15) is 4.98 Å². The van der Waals surface area contributed by atoms with Crippen LogP contribution in [0.15, 0.2) is 42.6 Å². The summed E-state index contributed by atoms with van der Waals surface area (Å²) in [5, 5.41) is 6.72. The van der Waals surface area contributed by atoms with Crippen molar-refractivity contribution >= 4 is 50.5 Å². The Balaban J connectivity index is 1.38. The lowest BCUT2D eigenvalue weighted by Gasteiger charge is -2.35. The van der Waals surface area contributed by atoms with Crippen LogP contribution in [0.5, 0.6) is 5.75 Å². The summed E-state index contributed by atoms with van der Waals surface area (Å²) in [5.74, 6) is 1.32. The number of ether oxygens (including phenoxy) is 1. The van der Waals surface area contributed by atoms with Crippen molar-refractivity contribution in [3.05, 3.63) is 58.7 Å². The van der Waals surface area contributed by atoms with Crippen LogP contribution in [0.1, 0.15) is 36.8 Å². The third kappa shape index (κ3) is 6.85. The molecular weight excluding hydrogens is 567 g/mol. The third-order valence-electron chi connectivity index (χ3n) is 7.92. The topological polar surface area (TPSA) is 99.7 Å². The molecule has 2 aromatic carbocycles. The minimum Gasteiger partial charge on any atom is -0.495 e. The van der Waals surface area contributed by atoms with Crippen molar-refractivity contribution in [1.82, 2.24) is 14.9 Å². The third-order valence-corrected chi connectivity index (χ3v) is 9.39. The zero-order chi connectivity index (χ0) is 29.1. The highest BCUT2D eigenvalue weighted by molar-refractivity contribution is 7.92. The number of anilines is 5. The first-order valence-electron chi connectivity index (χ1n) is 13.8. The van der Waals surface area contributed by atoms with Crippen LogP contribution in [0, 0.1) is 0 Å². The average molecular weight is 603 g/mol. The summed E-state index contributed by atoms with van der Waals surface area (Å²) in [6, 6.07) is 11.6. The summed E-state index contributed by atoms with van der Waals surface area (Å²) in [6.07, 6.45) is 7.20. The van der Waals surface area contributed by atoms with Gasteiger partial charge in [0.1, 0.15) is 16.9 Å². The van der Waals surface area contributed by atoms with Crippen LogP contribution in [-0.4, -0.2) is 69.0 Å². The highest BCUT2D eigenvalue weighted by Crippen LogP contribution is 2.36. The predicted molar refractivity (Wildman–Crippen MR) is 162 cm³/mol. The van der Waals surface area contributed by atoms with Gasteiger partial charge in [-0.15, -0.1) is 0 Å². The monoisotopic (exact) mass is 602 g/mol. The number of aromatic nitrogens is 2. The van der Waals surface area contributed by atoms with E-state index in [1.165, 1.54) is 28.7 Å². The number of halogens is 2. The van der Waals surface area contributed by atoms with E-state index in [4.69, 9.17) is 16.3 Å². The average Bonchev–Trinajstić information content (AvgIpc) is 3.16. The second kappa shape index (κ2) is 12.4. The highest BCUT2D eigenvalue weighted by atomic mass is 35.5. The van der Waals surface area contributed by atoms with E-state index in [9.17, 15) is 12.8 Å². The largest absolute Gasteiger partial charge is 0.495 e. The van der Waals surface area contributed by atoms with Gasteiger partial charge in [-0.25, -0.2) is 17.8 Å². The number of para-hydroxylation sites is 2. The molecule has 1 saturated heterocycles. The second-order valence-electron chi connectivity index (χ2n) is 10.7. The van der Waals surface area contributed by atoms with Crippen LogP contribution >= 0.6 is 11.6 Å². The van der Waals surface area contributed by atoms with E-state index in [1.807, 2.05) is 0 Å². The number of likely N-dealkylation sites (tertiary alicyclic amines) is 1. The summed E-state index contributed by atoms with van der Waals surface area (Å²) in [6.45, 7) is 1.63. The van der Waals surface area contributed by atoms with Crippen molar-refractivity contribution in [2.75, 3.05) is 48.4 Å². The maximum atomic E-state index is 13.7. The number of hydrogen-bond donors (Lipinski definition) is 2. The molecule has 1 aliphatic heterocycles. The molecule has 9 nitrogen and oxygen atoms in total. The Labute approximate surface area is 246 Å². The summed E-state index contributed by atoms with van der Waals surface area (Å²) in [4.78, 5) is 11.4. The number of methoxy groups -OCH3 is 1. The first kappa shape index (κ1) is 29.3. The van der Waals surface area contributed by atoms with Gasteiger partial charge in [0.2, 0.25) is 16.0 Å². The molecule has 3 aromatic rings. The Morgan fingerprint density at radius 2 is 1.85 bits per heavy atom. The fourth-order valence-electron chi connectivity index (χ4n) is 5.58. The van der Waals surface area contributed by atoms with Crippen LogP contribution in [0.2, 0.25) is 5.02 Å². The number of hydrogen-bond acceptors (Lipinski definition) is 8. The van der Waals surface area contributed by atoms with Gasteiger partial charge in [0.15, 0.2) is 5.82 Å². The molecule has 2 aliphatic rings. The standard InChI is InChI=1S/C29H36ClFN6O3S/c1-36(41(3,38)39)26-10-5-4-9-24(26)33-28-23(30)18-32-29(35-28)34-25-16-19-7-6-8-22(15-20(19)17-27(25)40-2)37-13-11-21(31)12-14-37/h4-5,9-10,16-18,21-22H,6-8,11-15H2,1-3H3,(H2,32,33,34,35). The molecule has 2 N–H and O–H groups in total. The lowest BCUT2D eigenvalue weighted by atomic mass is 9.98. The zero-order valence-electron chi connectivity index (χ0n) is 23.5. The molecule has 0 amide bonds. The molecule has 1 aliphatic carbocycles. The van der Waals surface area contributed by atoms with Crippen LogP contribution in [0.25, 0.3) is 0 Å². The molecule has 1 fully saturated rings. The van der Waals surface area contributed by atoms with Gasteiger partial charge in [0, 0.05) is 26.2 Å². The molecule has 1 aromatic heterocycles. The minimum absolute atomic E-state index is 0.282. The van der Waals surface area contributed by atoms with E-state index in [-0.39, 0.29) is 5.02 Å². The van der Waals surface area contributed by atoms with Crippen LogP contribution in [0.3, 0.4) is 0 Å². The van der Waals surface area contributed by atoms with Crippen molar-refractivity contribution in [3.63, 3.8) is 0 Å². The number of aryl methyl sites for hydroxylation is 1. The first-order chi connectivity index (χ1) is 19.6. The molecule has 12 heteroatoms. The van der Waals surface area contributed by atoms with Crippen LogP contribution in [0.4, 0.5) is 33.2 Å². The van der Waals surface area contributed by atoms with Crippen molar-refractivity contribution in [1.29, 1.82) is 0 Å². The fourth-order valence-corrected chi connectivity index (χ4v) is 6.24. The van der Waals surface area contributed by atoms with Crippen LogP contribution < -0.4 is 19.7 Å². The van der Waals surface area contributed by atoms with Crippen molar-refractivity contribution in [2.24, 2.45) is 0 Å². The molecule has 1 unspecified atom stereocenters. The number of benzene rings is 2. The van der Waals surface area contributed by atoms with Gasteiger partial charge >= 0.3 is 0 Å². The van der Waals surface area contributed by atoms with Crippen molar-refractivity contribution < 1.29 is 17.5 Å². The Morgan fingerprint density at radius 3 is 2.59 bits per heavy atom. The molecule has 0 bridgehead atoms. The fraction of sp³-hybridized carbons (Fsp3) is 0.448. The summed E-state index contributed by atoms with van der Waals surface area (Å²) < 4.78 is 45.0. The molecule has 0 radical (unpaired) electrons.